The van der Waals surface area contributed by atoms with Crippen molar-refractivity contribution in [2.24, 2.45) is 16.5 Å². The number of benzene rings is 2. The van der Waals surface area contributed by atoms with Crippen molar-refractivity contribution >= 4 is 34.4 Å². The van der Waals surface area contributed by atoms with Crippen molar-refractivity contribution in [2.75, 3.05) is 0 Å². The summed E-state index contributed by atoms with van der Waals surface area (Å²) in [5, 5.41) is 0.950. The molecule has 0 saturated heterocycles. The third kappa shape index (κ3) is 3.04. The maximum Gasteiger partial charge on any atom is 0.280 e. The molecule has 4 N–H and O–H groups in total. The van der Waals surface area contributed by atoms with Gasteiger partial charge in [0.15, 0.2) is 5.96 Å². The van der Waals surface area contributed by atoms with Crippen LogP contribution < -0.4 is 11.5 Å². The second-order valence-electron chi connectivity index (χ2n) is 5.06. The van der Waals surface area contributed by atoms with Crippen molar-refractivity contribution in [3.63, 3.8) is 0 Å². The first-order valence-electron chi connectivity index (χ1n) is 6.94. The number of aliphatic imine (C=N–C) groups is 1. The number of pyridine rings is 1. The Bertz CT molecular complexity index is 983. The normalized spacial score (nSPS) is 10.6. The molecule has 0 fully saturated rings. The molecule has 0 bridgehead atoms. The first kappa shape index (κ1) is 15.9. The summed E-state index contributed by atoms with van der Waals surface area (Å²) in [5.41, 5.74) is 12.8. The molecule has 2 aromatic carbocycles. The number of rotatable bonds is 2. The van der Waals surface area contributed by atoms with E-state index in [0.29, 0.717) is 22.0 Å². The van der Waals surface area contributed by atoms with Gasteiger partial charge in [0.05, 0.1) is 10.5 Å². The van der Waals surface area contributed by atoms with Crippen LogP contribution in [0.2, 0.25) is 5.02 Å². The third-order valence-corrected chi connectivity index (χ3v) is 3.75. The SMILES string of the molecule is NC(N)=NC(=O)c1ccc2nccc(-c3ccc(F)cc3Cl)c2c1. The molecule has 0 radical (unpaired) electrons. The Morgan fingerprint density at radius 1 is 1.08 bits per heavy atom. The molecule has 1 amide bonds. The number of amides is 1. The van der Waals surface area contributed by atoms with Crippen molar-refractivity contribution in [1.82, 2.24) is 4.98 Å². The Hall–Kier alpha value is -2.99. The predicted molar refractivity (Wildman–Crippen MR) is 92.3 cm³/mol. The number of hydrogen-bond donors (Lipinski definition) is 2. The van der Waals surface area contributed by atoms with Gasteiger partial charge in [0.2, 0.25) is 0 Å². The Labute approximate surface area is 141 Å². The van der Waals surface area contributed by atoms with Gasteiger partial charge in [-0.05, 0) is 48.0 Å². The molecule has 0 aliphatic carbocycles. The van der Waals surface area contributed by atoms with Gasteiger partial charge in [0.25, 0.3) is 5.91 Å². The molecule has 24 heavy (non-hydrogen) atoms. The number of nitrogens with zero attached hydrogens (tertiary/aromatic N) is 2. The number of guanidine groups is 1. The fraction of sp³-hybridized carbons (Fsp3) is 0. The van der Waals surface area contributed by atoms with Crippen LogP contribution in [0.4, 0.5) is 4.39 Å². The Balaban J connectivity index is 2.22. The lowest BCUT2D eigenvalue weighted by atomic mass is 9.99. The predicted octanol–water partition coefficient (Wildman–Crippen LogP) is 3.11. The zero-order valence-electron chi connectivity index (χ0n) is 12.3. The first-order valence-corrected chi connectivity index (χ1v) is 7.31. The number of aromatic nitrogens is 1. The molecule has 120 valence electrons. The summed E-state index contributed by atoms with van der Waals surface area (Å²) >= 11 is 6.15. The second kappa shape index (κ2) is 6.25. The van der Waals surface area contributed by atoms with Crippen molar-refractivity contribution in [1.29, 1.82) is 0 Å². The highest BCUT2D eigenvalue weighted by Gasteiger charge is 2.12. The van der Waals surface area contributed by atoms with Gasteiger partial charge >= 0.3 is 0 Å². The third-order valence-electron chi connectivity index (χ3n) is 3.44. The summed E-state index contributed by atoms with van der Waals surface area (Å²) < 4.78 is 13.3. The molecule has 5 nitrogen and oxygen atoms in total. The van der Waals surface area contributed by atoms with Crippen molar-refractivity contribution in [3.8, 4) is 11.1 Å². The second-order valence-corrected chi connectivity index (χ2v) is 5.46. The molecule has 0 atom stereocenters. The van der Waals surface area contributed by atoms with Gasteiger partial charge < -0.3 is 11.5 Å². The first-order chi connectivity index (χ1) is 11.5. The molecule has 1 heterocycles. The summed E-state index contributed by atoms with van der Waals surface area (Å²) in [7, 11) is 0. The summed E-state index contributed by atoms with van der Waals surface area (Å²) in [6.07, 6.45) is 1.62. The minimum Gasteiger partial charge on any atom is -0.370 e. The van der Waals surface area contributed by atoms with Crippen molar-refractivity contribution < 1.29 is 9.18 Å². The Morgan fingerprint density at radius 3 is 2.58 bits per heavy atom. The number of hydrogen-bond acceptors (Lipinski definition) is 2. The molecule has 3 aromatic rings. The van der Waals surface area contributed by atoms with E-state index in [1.807, 2.05) is 0 Å². The highest BCUT2D eigenvalue weighted by atomic mass is 35.5. The highest BCUT2D eigenvalue weighted by molar-refractivity contribution is 6.33. The Kier molecular flexibility index (Phi) is 4.14. The lowest BCUT2D eigenvalue weighted by Gasteiger charge is -2.09. The van der Waals surface area contributed by atoms with E-state index in [-0.39, 0.29) is 11.0 Å². The van der Waals surface area contributed by atoms with Gasteiger partial charge in [0.1, 0.15) is 5.82 Å². The van der Waals surface area contributed by atoms with Crippen LogP contribution in [0.5, 0.6) is 0 Å². The van der Waals surface area contributed by atoms with E-state index in [1.165, 1.54) is 12.1 Å². The molecular weight excluding hydrogens is 331 g/mol. The summed E-state index contributed by atoms with van der Waals surface area (Å²) in [4.78, 5) is 19.8. The zero-order chi connectivity index (χ0) is 17.3. The number of carbonyl (C=O) groups is 1. The van der Waals surface area contributed by atoms with Crippen LogP contribution in [0.1, 0.15) is 10.4 Å². The monoisotopic (exact) mass is 342 g/mol. The van der Waals surface area contributed by atoms with Gasteiger partial charge in [0, 0.05) is 22.7 Å². The molecule has 3 rings (SSSR count). The smallest absolute Gasteiger partial charge is 0.280 e. The summed E-state index contributed by atoms with van der Waals surface area (Å²) in [5.74, 6) is -1.30. The number of fused-ring (bicyclic) bond motifs is 1. The molecule has 0 spiro atoms. The van der Waals surface area contributed by atoms with E-state index in [1.54, 1.807) is 36.5 Å². The van der Waals surface area contributed by atoms with Gasteiger partial charge in [-0.3, -0.25) is 9.78 Å². The topological polar surface area (TPSA) is 94.4 Å². The van der Waals surface area contributed by atoms with Crippen LogP contribution in [-0.4, -0.2) is 16.9 Å². The maximum absolute atomic E-state index is 13.3. The molecule has 0 unspecified atom stereocenters. The summed E-state index contributed by atoms with van der Waals surface area (Å²) in [6, 6.07) is 10.8. The van der Waals surface area contributed by atoms with Crippen LogP contribution in [0, 0.1) is 5.82 Å². The average Bonchev–Trinajstić information content (AvgIpc) is 2.53. The van der Waals surface area contributed by atoms with Crippen LogP contribution >= 0.6 is 11.6 Å². The minimum absolute atomic E-state index is 0.267. The van der Waals surface area contributed by atoms with E-state index < -0.39 is 11.7 Å². The van der Waals surface area contributed by atoms with Crippen molar-refractivity contribution in [3.05, 3.63) is 65.1 Å². The highest BCUT2D eigenvalue weighted by Crippen LogP contribution is 2.33. The Morgan fingerprint density at radius 2 is 1.88 bits per heavy atom. The average molecular weight is 343 g/mol. The lowest BCUT2D eigenvalue weighted by Crippen LogP contribution is -2.24. The van der Waals surface area contributed by atoms with Crippen LogP contribution in [0.15, 0.2) is 53.7 Å². The van der Waals surface area contributed by atoms with Crippen LogP contribution in [0.25, 0.3) is 22.0 Å². The van der Waals surface area contributed by atoms with E-state index in [0.717, 1.165) is 5.56 Å². The lowest BCUT2D eigenvalue weighted by molar-refractivity contribution is 0.100. The largest absolute Gasteiger partial charge is 0.370 e. The fourth-order valence-electron chi connectivity index (χ4n) is 2.40. The van der Waals surface area contributed by atoms with E-state index >= 15 is 0 Å². The molecule has 7 heteroatoms. The standard InChI is InChI=1S/C17H12ClFN4O/c18-14-8-10(19)2-3-12(14)11-5-6-22-15-4-1-9(7-13(11)15)16(24)23-17(20)21/h1-8H,(H4,20,21,23,24). The number of carbonyl (C=O) groups excluding carboxylic acids is 1. The molecule has 0 saturated carbocycles. The maximum atomic E-state index is 13.3. The molecular formula is C17H12ClFN4O. The van der Waals surface area contributed by atoms with Crippen molar-refractivity contribution in [2.45, 2.75) is 0 Å². The van der Waals surface area contributed by atoms with Gasteiger partial charge in [-0.25, -0.2) is 4.39 Å². The number of halogens is 2. The van der Waals surface area contributed by atoms with Gasteiger partial charge in [-0.1, -0.05) is 11.6 Å². The molecule has 1 aromatic heterocycles. The van der Waals surface area contributed by atoms with Gasteiger partial charge in [-0.2, -0.15) is 4.99 Å². The van der Waals surface area contributed by atoms with E-state index in [2.05, 4.69) is 9.98 Å². The number of nitrogens with two attached hydrogens (primary N) is 2. The molecule has 0 aliphatic heterocycles. The van der Waals surface area contributed by atoms with Gasteiger partial charge in [-0.15, -0.1) is 0 Å². The quantitative estimate of drug-likeness (QED) is 0.552. The van der Waals surface area contributed by atoms with Crippen LogP contribution in [0.3, 0.4) is 0 Å². The zero-order valence-corrected chi connectivity index (χ0v) is 13.1. The fourth-order valence-corrected chi connectivity index (χ4v) is 2.67. The summed E-state index contributed by atoms with van der Waals surface area (Å²) in [6.45, 7) is 0. The minimum atomic E-state index is -0.558. The van der Waals surface area contributed by atoms with Crippen LogP contribution in [-0.2, 0) is 0 Å². The van der Waals surface area contributed by atoms with E-state index in [9.17, 15) is 9.18 Å². The molecule has 0 aliphatic rings. The van der Waals surface area contributed by atoms with E-state index in [4.69, 9.17) is 23.1 Å².